The summed E-state index contributed by atoms with van der Waals surface area (Å²) >= 11 is 0. The monoisotopic (exact) mass is 386 g/mol. The molecule has 0 radical (unpaired) electrons. The Morgan fingerprint density at radius 1 is 0.897 bits per heavy atom. The van der Waals surface area contributed by atoms with Gasteiger partial charge in [-0.1, -0.05) is 42.5 Å². The Morgan fingerprint density at radius 3 is 2.31 bits per heavy atom. The number of carbonyl (C=O) groups is 4. The second-order valence-electron chi connectivity index (χ2n) is 6.38. The number of carboxylic acids is 1. The maximum absolute atomic E-state index is 13.0. The predicted molar refractivity (Wildman–Crippen MR) is 106 cm³/mol. The summed E-state index contributed by atoms with van der Waals surface area (Å²) < 4.78 is 0. The molecule has 7 heteroatoms. The highest BCUT2D eigenvalue weighted by Crippen LogP contribution is 2.25. The third kappa shape index (κ3) is 3.25. The van der Waals surface area contributed by atoms with Crippen LogP contribution in [0.3, 0.4) is 0 Å². The predicted octanol–water partition coefficient (Wildman–Crippen LogP) is 3.20. The highest BCUT2D eigenvalue weighted by molar-refractivity contribution is 6.39. The van der Waals surface area contributed by atoms with E-state index in [4.69, 9.17) is 5.11 Å². The minimum atomic E-state index is -1.13. The lowest BCUT2D eigenvalue weighted by Crippen LogP contribution is -2.54. The molecule has 1 aliphatic rings. The molecule has 1 heterocycles. The van der Waals surface area contributed by atoms with Gasteiger partial charge in [0, 0.05) is 0 Å². The van der Waals surface area contributed by atoms with E-state index in [1.54, 1.807) is 6.07 Å². The van der Waals surface area contributed by atoms with Crippen LogP contribution in [-0.2, 0) is 9.59 Å². The van der Waals surface area contributed by atoms with Crippen molar-refractivity contribution in [1.29, 1.82) is 0 Å². The molecule has 4 amide bonds. The summed E-state index contributed by atoms with van der Waals surface area (Å²) in [7, 11) is 0. The topological polar surface area (TPSA) is 104 Å². The number of hydrogen-bond donors (Lipinski definition) is 2. The largest absolute Gasteiger partial charge is 0.478 e. The smallest absolute Gasteiger partial charge is 0.335 e. The van der Waals surface area contributed by atoms with Crippen LogP contribution in [-0.4, -0.2) is 28.9 Å². The Hall–Kier alpha value is -4.26. The van der Waals surface area contributed by atoms with Crippen molar-refractivity contribution in [3.63, 3.8) is 0 Å². The number of carboxylic acid groups (broad SMARTS) is 1. The van der Waals surface area contributed by atoms with Crippen LogP contribution < -0.4 is 10.2 Å². The van der Waals surface area contributed by atoms with E-state index in [0.29, 0.717) is 5.56 Å². The van der Waals surface area contributed by atoms with E-state index in [1.165, 1.54) is 30.3 Å². The molecular weight excluding hydrogens is 372 g/mol. The van der Waals surface area contributed by atoms with Gasteiger partial charge in [0.05, 0.1) is 11.3 Å². The number of imide groups is 2. The molecule has 3 aromatic carbocycles. The maximum Gasteiger partial charge on any atom is 0.335 e. The van der Waals surface area contributed by atoms with Crippen LogP contribution in [0.4, 0.5) is 10.5 Å². The van der Waals surface area contributed by atoms with Gasteiger partial charge in [-0.05, 0) is 46.7 Å². The lowest BCUT2D eigenvalue weighted by Gasteiger charge is -2.26. The van der Waals surface area contributed by atoms with Crippen LogP contribution in [0.25, 0.3) is 16.8 Å². The molecule has 0 atom stereocenters. The minimum absolute atomic E-state index is 0.0150. The van der Waals surface area contributed by atoms with Crippen LogP contribution in [0, 0.1) is 0 Å². The Morgan fingerprint density at radius 2 is 1.59 bits per heavy atom. The molecule has 1 saturated heterocycles. The Labute approximate surface area is 164 Å². The highest BCUT2D eigenvalue weighted by atomic mass is 16.4. The van der Waals surface area contributed by atoms with Gasteiger partial charge in [-0.3, -0.25) is 14.9 Å². The quantitative estimate of drug-likeness (QED) is 0.531. The standard InChI is InChI=1S/C22H14N2O5/c25-19-18(12-15-6-3-5-13-4-1-2-7-17(13)15)20(26)24(22(29)23-19)16-10-8-14(9-11-16)21(27)28/h1-12H,(H,27,28)(H,23,25,29). The number of fused-ring (bicyclic) bond motifs is 1. The van der Waals surface area contributed by atoms with Crippen LogP contribution in [0.5, 0.6) is 0 Å². The van der Waals surface area contributed by atoms with Gasteiger partial charge in [0.1, 0.15) is 5.57 Å². The van der Waals surface area contributed by atoms with Crippen LogP contribution in [0.1, 0.15) is 15.9 Å². The second kappa shape index (κ2) is 7.05. The van der Waals surface area contributed by atoms with Gasteiger partial charge >= 0.3 is 12.0 Å². The molecule has 142 valence electrons. The fourth-order valence-corrected chi connectivity index (χ4v) is 3.18. The van der Waals surface area contributed by atoms with E-state index >= 15 is 0 Å². The first-order valence-electron chi connectivity index (χ1n) is 8.68. The molecule has 0 saturated carbocycles. The van der Waals surface area contributed by atoms with E-state index in [9.17, 15) is 19.2 Å². The van der Waals surface area contributed by atoms with Gasteiger partial charge < -0.3 is 5.11 Å². The van der Waals surface area contributed by atoms with Crippen molar-refractivity contribution in [1.82, 2.24) is 5.32 Å². The molecule has 2 N–H and O–H groups in total. The average Bonchev–Trinajstić information content (AvgIpc) is 2.71. The molecule has 0 bridgehead atoms. The van der Waals surface area contributed by atoms with Crippen molar-refractivity contribution in [2.75, 3.05) is 4.90 Å². The maximum atomic E-state index is 13.0. The van der Waals surface area contributed by atoms with Crippen LogP contribution in [0.15, 0.2) is 72.3 Å². The number of rotatable bonds is 3. The number of anilines is 1. The zero-order chi connectivity index (χ0) is 20.5. The van der Waals surface area contributed by atoms with Crippen molar-refractivity contribution in [3.8, 4) is 0 Å². The second-order valence-corrected chi connectivity index (χ2v) is 6.38. The van der Waals surface area contributed by atoms with Crippen molar-refractivity contribution in [3.05, 3.63) is 83.4 Å². The average molecular weight is 386 g/mol. The fourth-order valence-electron chi connectivity index (χ4n) is 3.18. The van der Waals surface area contributed by atoms with Crippen LogP contribution in [0.2, 0.25) is 0 Å². The molecule has 29 heavy (non-hydrogen) atoms. The lowest BCUT2D eigenvalue weighted by atomic mass is 10.0. The Kier molecular flexibility index (Phi) is 4.40. The molecule has 7 nitrogen and oxygen atoms in total. The van der Waals surface area contributed by atoms with Crippen molar-refractivity contribution in [2.24, 2.45) is 0 Å². The molecule has 0 unspecified atom stereocenters. The third-order valence-corrected chi connectivity index (χ3v) is 4.60. The number of urea groups is 1. The van der Waals surface area contributed by atoms with Gasteiger partial charge in [0.15, 0.2) is 0 Å². The van der Waals surface area contributed by atoms with E-state index in [2.05, 4.69) is 5.32 Å². The summed E-state index contributed by atoms with van der Waals surface area (Å²) in [6.45, 7) is 0. The minimum Gasteiger partial charge on any atom is -0.478 e. The number of aromatic carboxylic acids is 1. The summed E-state index contributed by atoms with van der Waals surface area (Å²) in [6, 6.07) is 17.4. The molecule has 0 aliphatic carbocycles. The van der Waals surface area contributed by atoms with Crippen molar-refractivity contribution in [2.45, 2.75) is 0 Å². The van der Waals surface area contributed by atoms with Crippen LogP contribution >= 0.6 is 0 Å². The molecular formula is C22H14N2O5. The van der Waals surface area contributed by atoms with E-state index in [-0.39, 0.29) is 16.8 Å². The van der Waals surface area contributed by atoms with Gasteiger partial charge in [-0.15, -0.1) is 0 Å². The number of nitrogens with zero attached hydrogens (tertiary/aromatic N) is 1. The first-order chi connectivity index (χ1) is 14.0. The van der Waals surface area contributed by atoms with Gasteiger partial charge in [0.25, 0.3) is 11.8 Å². The number of benzene rings is 3. The molecule has 0 spiro atoms. The zero-order valence-electron chi connectivity index (χ0n) is 15.0. The summed E-state index contributed by atoms with van der Waals surface area (Å²) in [4.78, 5) is 49.4. The van der Waals surface area contributed by atoms with Gasteiger partial charge in [-0.2, -0.15) is 0 Å². The SMILES string of the molecule is O=C1NC(=O)N(c2ccc(C(=O)O)cc2)C(=O)C1=Cc1cccc2ccccc12. The Bertz CT molecular complexity index is 1210. The summed E-state index contributed by atoms with van der Waals surface area (Å²) in [6.07, 6.45) is 1.45. The molecule has 0 aromatic heterocycles. The number of nitrogens with one attached hydrogen (secondary N) is 1. The van der Waals surface area contributed by atoms with Gasteiger partial charge in [0.2, 0.25) is 0 Å². The molecule has 1 fully saturated rings. The summed E-state index contributed by atoms with van der Waals surface area (Å²) in [5, 5.41) is 13.0. The summed E-state index contributed by atoms with van der Waals surface area (Å²) in [5.74, 6) is -2.70. The van der Waals surface area contributed by atoms with E-state index < -0.39 is 23.8 Å². The first-order valence-corrected chi connectivity index (χ1v) is 8.68. The zero-order valence-corrected chi connectivity index (χ0v) is 15.0. The fraction of sp³-hybridized carbons (Fsp3) is 0. The number of barbiturate groups is 1. The highest BCUT2D eigenvalue weighted by Gasteiger charge is 2.36. The van der Waals surface area contributed by atoms with E-state index in [1.807, 2.05) is 36.4 Å². The van der Waals surface area contributed by atoms with E-state index in [0.717, 1.165) is 15.7 Å². The number of carbonyl (C=O) groups excluding carboxylic acids is 3. The number of amides is 4. The molecule has 3 aromatic rings. The normalized spacial score (nSPS) is 15.7. The lowest BCUT2D eigenvalue weighted by molar-refractivity contribution is -0.122. The Balaban J connectivity index is 1.77. The van der Waals surface area contributed by atoms with Gasteiger partial charge in [-0.25, -0.2) is 14.5 Å². The molecule has 4 rings (SSSR count). The summed E-state index contributed by atoms with van der Waals surface area (Å²) in [5.41, 5.74) is 0.649. The third-order valence-electron chi connectivity index (χ3n) is 4.60. The molecule has 1 aliphatic heterocycles. The van der Waals surface area contributed by atoms with Crippen molar-refractivity contribution >= 4 is 46.4 Å². The number of hydrogen-bond acceptors (Lipinski definition) is 4. The first kappa shape index (κ1) is 18.1. The van der Waals surface area contributed by atoms with Crippen molar-refractivity contribution < 1.29 is 24.3 Å².